The predicted molar refractivity (Wildman–Crippen MR) is 60.3 cm³/mol. The second-order valence-electron chi connectivity index (χ2n) is 4.26. The van der Waals surface area contributed by atoms with E-state index in [1.54, 1.807) is 10.7 Å². The van der Waals surface area contributed by atoms with Crippen molar-refractivity contribution >= 4 is 11.3 Å². The van der Waals surface area contributed by atoms with E-state index < -0.39 is 0 Å². The van der Waals surface area contributed by atoms with E-state index in [9.17, 15) is 0 Å². The lowest BCUT2D eigenvalue weighted by Crippen LogP contribution is -2.27. The van der Waals surface area contributed by atoms with E-state index in [0.29, 0.717) is 0 Å². The zero-order valence-electron chi connectivity index (χ0n) is 9.17. The molecule has 1 fully saturated rings. The predicted octanol–water partition coefficient (Wildman–Crippen LogP) is -0.0299. The van der Waals surface area contributed by atoms with Crippen molar-refractivity contribution in [2.45, 2.75) is 19.4 Å². The third-order valence-electron chi connectivity index (χ3n) is 2.92. The highest BCUT2D eigenvalue weighted by Crippen LogP contribution is 2.22. The summed E-state index contributed by atoms with van der Waals surface area (Å²) in [5.41, 5.74) is 7.79. The smallest absolute Gasteiger partial charge is 0.156 e. The Hall–Kier alpha value is -1.69. The molecule has 0 amide bonds. The maximum atomic E-state index is 5.91. The molecule has 84 valence electrons. The number of aromatic nitrogens is 4. The SMILES string of the molecule is Cc1cn2nncc2c(N2CCC(N)C2)n1. The average Bonchev–Trinajstić information content (AvgIpc) is 2.84. The van der Waals surface area contributed by atoms with Crippen LogP contribution in [0, 0.1) is 6.92 Å². The molecule has 0 saturated carbocycles. The number of nitrogens with zero attached hydrogens (tertiary/aromatic N) is 5. The molecule has 0 aliphatic carbocycles. The molecular weight excluding hydrogens is 204 g/mol. The first kappa shape index (κ1) is 9.53. The van der Waals surface area contributed by atoms with Crippen LogP contribution in [0.25, 0.3) is 5.52 Å². The van der Waals surface area contributed by atoms with E-state index in [2.05, 4.69) is 20.2 Å². The normalized spacial score (nSPS) is 20.9. The second-order valence-corrected chi connectivity index (χ2v) is 4.26. The minimum Gasteiger partial charge on any atom is -0.353 e. The van der Waals surface area contributed by atoms with E-state index in [1.807, 2.05) is 13.1 Å². The highest BCUT2D eigenvalue weighted by Gasteiger charge is 2.22. The van der Waals surface area contributed by atoms with Crippen molar-refractivity contribution in [1.29, 1.82) is 0 Å². The fourth-order valence-electron chi connectivity index (χ4n) is 2.14. The fourth-order valence-corrected chi connectivity index (χ4v) is 2.14. The van der Waals surface area contributed by atoms with Crippen LogP contribution in [0.2, 0.25) is 0 Å². The summed E-state index contributed by atoms with van der Waals surface area (Å²) in [5, 5.41) is 7.91. The molecule has 0 radical (unpaired) electrons. The first-order valence-corrected chi connectivity index (χ1v) is 5.42. The van der Waals surface area contributed by atoms with E-state index in [0.717, 1.165) is 36.5 Å². The maximum absolute atomic E-state index is 5.91. The van der Waals surface area contributed by atoms with Crippen LogP contribution < -0.4 is 10.6 Å². The minimum atomic E-state index is 0.248. The topological polar surface area (TPSA) is 72.3 Å². The summed E-state index contributed by atoms with van der Waals surface area (Å²) in [7, 11) is 0. The molecule has 0 aromatic carbocycles. The van der Waals surface area contributed by atoms with Crippen molar-refractivity contribution in [3.63, 3.8) is 0 Å². The van der Waals surface area contributed by atoms with Gasteiger partial charge in [0.1, 0.15) is 5.52 Å². The molecule has 16 heavy (non-hydrogen) atoms. The van der Waals surface area contributed by atoms with E-state index >= 15 is 0 Å². The molecular formula is C10H14N6. The van der Waals surface area contributed by atoms with Crippen LogP contribution >= 0.6 is 0 Å². The van der Waals surface area contributed by atoms with Gasteiger partial charge in [-0.25, -0.2) is 9.50 Å². The van der Waals surface area contributed by atoms with Gasteiger partial charge in [0.2, 0.25) is 0 Å². The Morgan fingerprint density at radius 3 is 3.12 bits per heavy atom. The number of anilines is 1. The van der Waals surface area contributed by atoms with Gasteiger partial charge in [0.15, 0.2) is 5.82 Å². The molecule has 2 N–H and O–H groups in total. The van der Waals surface area contributed by atoms with Gasteiger partial charge in [-0.15, -0.1) is 5.10 Å². The third-order valence-corrected chi connectivity index (χ3v) is 2.92. The molecule has 0 bridgehead atoms. The Bertz CT molecular complexity index is 519. The van der Waals surface area contributed by atoms with Crippen LogP contribution in [-0.2, 0) is 0 Å². The Labute approximate surface area is 93.1 Å². The summed E-state index contributed by atoms with van der Waals surface area (Å²) in [4.78, 5) is 6.76. The third kappa shape index (κ3) is 1.42. The van der Waals surface area contributed by atoms with Crippen LogP contribution in [0.5, 0.6) is 0 Å². The molecule has 1 saturated heterocycles. The Balaban J connectivity index is 2.11. The number of rotatable bonds is 1. The van der Waals surface area contributed by atoms with Gasteiger partial charge in [0.05, 0.1) is 18.1 Å². The van der Waals surface area contributed by atoms with E-state index in [-0.39, 0.29) is 6.04 Å². The summed E-state index contributed by atoms with van der Waals surface area (Å²) < 4.78 is 1.77. The lowest BCUT2D eigenvalue weighted by molar-refractivity contribution is 0.751. The van der Waals surface area contributed by atoms with Crippen LogP contribution in [0.15, 0.2) is 12.4 Å². The quantitative estimate of drug-likeness (QED) is 0.727. The van der Waals surface area contributed by atoms with Crippen molar-refractivity contribution < 1.29 is 0 Å². The van der Waals surface area contributed by atoms with Crippen LogP contribution in [0.3, 0.4) is 0 Å². The van der Waals surface area contributed by atoms with Crippen molar-refractivity contribution in [2.75, 3.05) is 18.0 Å². The van der Waals surface area contributed by atoms with Gasteiger partial charge in [-0.3, -0.25) is 0 Å². The van der Waals surface area contributed by atoms with Gasteiger partial charge in [0, 0.05) is 19.1 Å². The number of fused-ring (bicyclic) bond motifs is 1. The fraction of sp³-hybridized carbons (Fsp3) is 0.500. The Morgan fingerprint density at radius 1 is 1.50 bits per heavy atom. The van der Waals surface area contributed by atoms with Gasteiger partial charge in [-0.05, 0) is 13.3 Å². The van der Waals surface area contributed by atoms with Gasteiger partial charge in [-0.2, -0.15) is 0 Å². The number of hydrogen-bond acceptors (Lipinski definition) is 5. The summed E-state index contributed by atoms with van der Waals surface area (Å²) in [6, 6.07) is 0.248. The lowest BCUT2D eigenvalue weighted by atomic mass is 10.3. The van der Waals surface area contributed by atoms with E-state index in [1.165, 1.54) is 0 Å². The maximum Gasteiger partial charge on any atom is 0.156 e. The number of nitrogens with two attached hydrogens (primary N) is 1. The monoisotopic (exact) mass is 218 g/mol. The first-order chi connectivity index (χ1) is 7.74. The highest BCUT2D eigenvalue weighted by atomic mass is 15.4. The van der Waals surface area contributed by atoms with Gasteiger partial charge < -0.3 is 10.6 Å². The summed E-state index contributed by atoms with van der Waals surface area (Å²) in [6.45, 7) is 3.77. The van der Waals surface area contributed by atoms with Crippen LogP contribution in [-0.4, -0.2) is 38.9 Å². The summed E-state index contributed by atoms with van der Waals surface area (Å²) in [5.74, 6) is 0.943. The second kappa shape index (κ2) is 3.41. The molecule has 1 atom stereocenters. The molecule has 6 heteroatoms. The zero-order chi connectivity index (χ0) is 11.1. The highest BCUT2D eigenvalue weighted by molar-refractivity contribution is 5.68. The first-order valence-electron chi connectivity index (χ1n) is 5.42. The molecule has 2 aromatic heterocycles. The molecule has 1 aliphatic rings. The van der Waals surface area contributed by atoms with Gasteiger partial charge >= 0.3 is 0 Å². The largest absolute Gasteiger partial charge is 0.353 e. The molecule has 0 spiro atoms. The standard InChI is InChI=1S/C10H14N6/c1-7-5-16-9(4-12-14-16)10(13-7)15-3-2-8(11)6-15/h4-5,8H,2-3,6,11H2,1H3. The molecule has 3 rings (SSSR count). The van der Waals surface area contributed by atoms with E-state index in [4.69, 9.17) is 5.73 Å². The molecule has 2 aromatic rings. The summed E-state index contributed by atoms with van der Waals surface area (Å²) in [6.07, 6.45) is 4.64. The Morgan fingerprint density at radius 2 is 2.38 bits per heavy atom. The number of hydrogen-bond donors (Lipinski definition) is 1. The minimum absolute atomic E-state index is 0.248. The number of aryl methyl sites for hydroxylation is 1. The summed E-state index contributed by atoms with van der Waals surface area (Å²) >= 11 is 0. The Kier molecular flexibility index (Phi) is 2.03. The molecule has 1 aliphatic heterocycles. The average molecular weight is 218 g/mol. The van der Waals surface area contributed by atoms with Gasteiger partial charge in [-0.1, -0.05) is 5.21 Å². The molecule has 6 nitrogen and oxygen atoms in total. The van der Waals surface area contributed by atoms with Crippen molar-refractivity contribution in [2.24, 2.45) is 5.73 Å². The van der Waals surface area contributed by atoms with Gasteiger partial charge in [0.25, 0.3) is 0 Å². The molecule has 3 heterocycles. The van der Waals surface area contributed by atoms with Crippen molar-refractivity contribution in [1.82, 2.24) is 19.8 Å². The van der Waals surface area contributed by atoms with Crippen molar-refractivity contribution in [3.05, 3.63) is 18.1 Å². The van der Waals surface area contributed by atoms with Crippen LogP contribution in [0.4, 0.5) is 5.82 Å². The lowest BCUT2D eigenvalue weighted by Gasteiger charge is -2.17. The van der Waals surface area contributed by atoms with Crippen LogP contribution in [0.1, 0.15) is 12.1 Å². The van der Waals surface area contributed by atoms with Crippen molar-refractivity contribution in [3.8, 4) is 0 Å². The molecule has 1 unspecified atom stereocenters. The zero-order valence-corrected chi connectivity index (χ0v) is 9.17.